The normalized spacial score (nSPS) is 18.1. The summed E-state index contributed by atoms with van der Waals surface area (Å²) in [6.45, 7) is 10.0. The van der Waals surface area contributed by atoms with E-state index in [-0.39, 0.29) is 0 Å². The van der Waals surface area contributed by atoms with Gasteiger partial charge in [-0.3, -0.25) is 4.68 Å². The van der Waals surface area contributed by atoms with E-state index in [1.54, 1.807) is 0 Å². The molecule has 1 N–H and O–H groups in total. The van der Waals surface area contributed by atoms with E-state index in [9.17, 15) is 0 Å². The predicted molar refractivity (Wildman–Crippen MR) is 80.5 cm³/mol. The molecule has 0 spiro atoms. The molecule has 1 atom stereocenters. The van der Waals surface area contributed by atoms with Gasteiger partial charge in [0.15, 0.2) is 0 Å². The maximum absolute atomic E-state index is 4.85. The fraction of sp³-hybridized carbons (Fsp3) is 0.812. The number of nitrogens with zero attached hydrogens (tertiary/aromatic N) is 2. The molecule has 0 bridgehead atoms. The van der Waals surface area contributed by atoms with Crippen LogP contribution in [0.5, 0.6) is 0 Å². The quantitative estimate of drug-likeness (QED) is 0.838. The van der Waals surface area contributed by atoms with Gasteiger partial charge in [0.05, 0.1) is 11.7 Å². The summed E-state index contributed by atoms with van der Waals surface area (Å²) in [4.78, 5) is 0. The first kappa shape index (κ1) is 14.6. The molecule has 1 aromatic rings. The van der Waals surface area contributed by atoms with Crippen LogP contribution in [0.15, 0.2) is 0 Å². The monoisotopic (exact) mass is 263 g/mol. The lowest BCUT2D eigenvalue weighted by molar-refractivity contribution is 0.451. The van der Waals surface area contributed by atoms with Crippen LogP contribution >= 0.6 is 0 Å². The lowest BCUT2D eigenvalue weighted by Gasteiger charge is -2.18. The Morgan fingerprint density at radius 1 is 1.26 bits per heavy atom. The van der Waals surface area contributed by atoms with Gasteiger partial charge in [0.2, 0.25) is 0 Å². The van der Waals surface area contributed by atoms with Crippen molar-refractivity contribution >= 4 is 0 Å². The number of nitrogens with one attached hydrogen (secondary N) is 1. The molecule has 0 amide bonds. The summed E-state index contributed by atoms with van der Waals surface area (Å²) in [6, 6.07) is 1.12. The van der Waals surface area contributed by atoms with Gasteiger partial charge in [0.25, 0.3) is 0 Å². The Morgan fingerprint density at radius 2 is 1.95 bits per heavy atom. The molecule has 3 nitrogen and oxygen atoms in total. The minimum atomic E-state index is 0.468. The SMILES string of the molecule is CCCNC(CC)c1c(C)nn(C2CCCC2)c1C. The Bertz CT molecular complexity index is 402. The van der Waals surface area contributed by atoms with Gasteiger partial charge in [0.1, 0.15) is 0 Å². The van der Waals surface area contributed by atoms with Crippen molar-refractivity contribution in [2.24, 2.45) is 0 Å². The van der Waals surface area contributed by atoms with Crippen molar-refractivity contribution in [2.75, 3.05) is 6.54 Å². The first-order chi connectivity index (χ1) is 9.19. The highest BCUT2D eigenvalue weighted by Crippen LogP contribution is 2.33. The van der Waals surface area contributed by atoms with Crippen LogP contribution in [0.1, 0.15) is 81.4 Å². The summed E-state index contributed by atoms with van der Waals surface area (Å²) in [7, 11) is 0. The second-order valence-electron chi connectivity index (χ2n) is 5.88. The summed E-state index contributed by atoms with van der Waals surface area (Å²) in [6.07, 6.45) is 7.66. The molecular weight excluding hydrogens is 234 g/mol. The molecule has 1 heterocycles. The van der Waals surface area contributed by atoms with Crippen LogP contribution in [0.2, 0.25) is 0 Å². The van der Waals surface area contributed by atoms with Crippen LogP contribution in [-0.2, 0) is 0 Å². The Hall–Kier alpha value is -0.830. The summed E-state index contributed by atoms with van der Waals surface area (Å²) in [5.41, 5.74) is 4.06. The van der Waals surface area contributed by atoms with Crippen LogP contribution in [0.25, 0.3) is 0 Å². The summed E-state index contributed by atoms with van der Waals surface area (Å²) >= 11 is 0. The van der Waals surface area contributed by atoms with Gasteiger partial charge in [-0.05, 0) is 46.1 Å². The van der Waals surface area contributed by atoms with E-state index in [4.69, 9.17) is 5.10 Å². The van der Waals surface area contributed by atoms with Gasteiger partial charge >= 0.3 is 0 Å². The van der Waals surface area contributed by atoms with Crippen LogP contribution < -0.4 is 5.32 Å². The summed E-state index contributed by atoms with van der Waals surface area (Å²) in [5.74, 6) is 0. The number of hydrogen-bond donors (Lipinski definition) is 1. The minimum Gasteiger partial charge on any atom is -0.310 e. The van der Waals surface area contributed by atoms with Gasteiger partial charge in [-0.25, -0.2) is 0 Å². The van der Waals surface area contributed by atoms with Gasteiger partial charge in [-0.2, -0.15) is 5.10 Å². The predicted octanol–water partition coefficient (Wildman–Crippen LogP) is 4.07. The van der Waals surface area contributed by atoms with Crippen molar-refractivity contribution in [3.05, 3.63) is 17.0 Å². The summed E-state index contributed by atoms with van der Waals surface area (Å²) in [5, 5.41) is 8.51. The second-order valence-corrected chi connectivity index (χ2v) is 5.88. The van der Waals surface area contributed by atoms with Crippen LogP contribution in [0.3, 0.4) is 0 Å². The number of aryl methyl sites for hydroxylation is 1. The van der Waals surface area contributed by atoms with Crippen molar-refractivity contribution in [3.63, 3.8) is 0 Å². The van der Waals surface area contributed by atoms with E-state index in [2.05, 4.69) is 37.7 Å². The van der Waals surface area contributed by atoms with E-state index in [1.165, 1.54) is 49.1 Å². The fourth-order valence-electron chi connectivity index (χ4n) is 3.45. The molecule has 0 saturated heterocycles. The molecule has 19 heavy (non-hydrogen) atoms. The lowest BCUT2D eigenvalue weighted by atomic mass is 10.0. The number of rotatable bonds is 6. The van der Waals surface area contributed by atoms with Crippen LogP contribution in [-0.4, -0.2) is 16.3 Å². The third kappa shape index (κ3) is 3.02. The van der Waals surface area contributed by atoms with Gasteiger partial charge in [-0.15, -0.1) is 0 Å². The first-order valence-corrected chi connectivity index (χ1v) is 7.98. The molecule has 1 saturated carbocycles. The molecule has 1 aromatic heterocycles. The third-order valence-corrected chi connectivity index (χ3v) is 4.45. The summed E-state index contributed by atoms with van der Waals surface area (Å²) < 4.78 is 2.31. The molecule has 1 unspecified atom stereocenters. The highest BCUT2D eigenvalue weighted by atomic mass is 15.3. The van der Waals surface area contributed by atoms with Crippen molar-refractivity contribution < 1.29 is 0 Å². The molecule has 2 rings (SSSR count). The molecule has 0 radical (unpaired) electrons. The van der Waals surface area contributed by atoms with Crippen LogP contribution in [0.4, 0.5) is 0 Å². The average Bonchev–Trinajstić information content (AvgIpc) is 3.01. The van der Waals surface area contributed by atoms with E-state index in [1.807, 2.05) is 0 Å². The van der Waals surface area contributed by atoms with Gasteiger partial charge < -0.3 is 5.32 Å². The largest absolute Gasteiger partial charge is 0.310 e. The van der Waals surface area contributed by atoms with Gasteiger partial charge in [-0.1, -0.05) is 26.7 Å². The number of hydrogen-bond acceptors (Lipinski definition) is 2. The zero-order valence-corrected chi connectivity index (χ0v) is 13.0. The fourth-order valence-corrected chi connectivity index (χ4v) is 3.45. The van der Waals surface area contributed by atoms with E-state index < -0.39 is 0 Å². The van der Waals surface area contributed by atoms with E-state index in [0.717, 1.165) is 13.0 Å². The molecule has 1 aliphatic carbocycles. The Kier molecular flexibility index (Phi) is 5.03. The first-order valence-electron chi connectivity index (χ1n) is 7.98. The second kappa shape index (κ2) is 6.56. The smallest absolute Gasteiger partial charge is 0.0644 e. The highest BCUT2D eigenvalue weighted by molar-refractivity contribution is 5.28. The Balaban J connectivity index is 2.24. The van der Waals surface area contributed by atoms with Gasteiger partial charge in [0, 0.05) is 17.3 Å². The van der Waals surface area contributed by atoms with Crippen LogP contribution in [0, 0.1) is 13.8 Å². The lowest BCUT2D eigenvalue weighted by Crippen LogP contribution is -2.22. The Morgan fingerprint density at radius 3 is 2.53 bits per heavy atom. The third-order valence-electron chi connectivity index (χ3n) is 4.45. The zero-order valence-electron chi connectivity index (χ0n) is 13.0. The molecule has 3 heteroatoms. The van der Waals surface area contributed by atoms with Crippen molar-refractivity contribution in [2.45, 2.75) is 78.3 Å². The molecule has 108 valence electrons. The molecule has 0 aromatic carbocycles. The average molecular weight is 263 g/mol. The highest BCUT2D eigenvalue weighted by Gasteiger charge is 2.24. The molecule has 1 fully saturated rings. The minimum absolute atomic E-state index is 0.468. The van der Waals surface area contributed by atoms with E-state index >= 15 is 0 Å². The molecule has 1 aliphatic rings. The standard InChI is InChI=1S/C16H29N3/c1-5-11-17-15(6-2)16-12(3)18-19(13(16)4)14-9-7-8-10-14/h14-15,17H,5-11H2,1-4H3. The van der Waals surface area contributed by atoms with Crippen molar-refractivity contribution in [3.8, 4) is 0 Å². The molecular formula is C16H29N3. The number of aromatic nitrogens is 2. The van der Waals surface area contributed by atoms with Crippen molar-refractivity contribution in [1.29, 1.82) is 0 Å². The zero-order chi connectivity index (χ0) is 13.8. The Labute approximate surface area is 117 Å². The van der Waals surface area contributed by atoms with E-state index in [0.29, 0.717) is 12.1 Å². The maximum Gasteiger partial charge on any atom is 0.0644 e. The van der Waals surface area contributed by atoms with Crippen molar-refractivity contribution in [1.82, 2.24) is 15.1 Å². The maximum atomic E-state index is 4.85. The topological polar surface area (TPSA) is 29.9 Å². The molecule has 0 aliphatic heterocycles.